The molecule has 0 amide bonds. The summed E-state index contributed by atoms with van der Waals surface area (Å²) in [5, 5.41) is 43.2. The van der Waals surface area contributed by atoms with Gasteiger partial charge in [0.1, 0.15) is 0 Å². The minimum Gasteiger partial charge on any atom is -0.390 e. The van der Waals surface area contributed by atoms with E-state index in [1.807, 2.05) is 6.92 Å². The molecular formula is C29H48O7. The van der Waals surface area contributed by atoms with Crippen LogP contribution in [0.5, 0.6) is 0 Å². The quantitative estimate of drug-likeness (QED) is 0.417. The molecule has 7 heteroatoms. The van der Waals surface area contributed by atoms with Crippen molar-refractivity contribution in [2.24, 2.45) is 28.6 Å². The molecule has 0 heterocycles. The molecule has 0 radical (unpaired) electrons. The lowest BCUT2D eigenvalue weighted by molar-refractivity contribution is -0.188. The molecule has 3 fully saturated rings. The van der Waals surface area contributed by atoms with Crippen molar-refractivity contribution in [1.29, 1.82) is 0 Å². The lowest BCUT2D eigenvalue weighted by atomic mass is 9.45. The molecule has 206 valence electrons. The van der Waals surface area contributed by atoms with E-state index in [0.29, 0.717) is 32.1 Å². The third-order valence-corrected chi connectivity index (χ3v) is 11.1. The van der Waals surface area contributed by atoms with E-state index in [1.54, 1.807) is 34.1 Å². The van der Waals surface area contributed by atoms with Gasteiger partial charge < -0.3 is 29.9 Å². The second kappa shape index (κ2) is 9.13. The highest BCUT2D eigenvalue weighted by Gasteiger charge is 2.70. The van der Waals surface area contributed by atoms with Gasteiger partial charge in [-0.25, -0.2) is 0 Å². The number of ether oxygens (including phenoxy) is 2. The Morgan fingerprint density at radius 1 is 1.06 bits per heavy atom. The van der Waals surface area contributed by atoms with Crippen molar-refractivity contribution < 1.29 is 34.7 Å². The maximum absolute atomic E-state index is 13.5. The van der Waals surface area contributed by atoms with Crippen molar-refractivity contribution in [2.75, 3.05) is 14.2 Å². The van der Waals surface area contributed by atoms with Crippen LogP contribution >= 0.6 is 0 Å². The SMILES string of the molecule is COC(CCC(C)(C)O)[C@](C)(O)[C@H]1CC[C@@]2(OC)C3=CC(=O)[C@@H]4C[C@@H](O)[C@@H](O)C[C@]4(C)[C@H]3CC[C@]12C. The second-order valence-corrected chi connectivity index (χ2v) is 13.6. The molecule has 4 N–H and O–H groups in total. The van der Waals surface area contributed by atoms with Crippen LogP contribution in [0.15, 0.2) is 11.6 Å². The van der Waals surface area contributed by atoms with Gasteiger partial charge in [0.15, 0.2) is 5.78 Å². The zero-order valence-corrected chi connectivity index (χ0v) is 23.2. The van der Waals surface area contributed by atoms with Crippen LogP contribution in [0.4, 0.5) is 0 Å². The fourth-order valence-corrected chi connectivity index (χ4v) is 9.09. The fraction of sp³-hybridized carbons (Fsp3) is 0.897. The predicted octanol–water partition coefficient (Wildman–Crippen LogP) is 3.16. The summed E-state index contributed by atoms with van der Waals surface area (Å²) in [5.41, 5.74) is -2.54. The summed E-state index contributed by atoms with van der Waals surface area (Å²) in [5.74, 6) is -0.334. The Bertz CT molecular complexity index is 891. The van der Waals surface area contributed by atoms with Gasteiger partial charge in [-0.1, -0.05) is 13.8 Å². The third kappa shape index (κ3) is 4.04. The molecule has 36 heavy (non-hydrogen) atoms. The molecule has 10 atom stereocenters. The number of fused-ring (bicyclic) bond motifs is 5. The third-order valence-electron chi connectivity index (χ3n) is 11.1. The Morgan fingerprint density at radius 3 is 2.31 bits per heavy atom. The number of carbonyl (C=O) groups excluding carboxylic acids is 1. The minimum atomic E-state index is -1.15. The van der Waals surface area contributed by atoms with Gasteiger partial charge in [-0.05, 0) is 101 Å². The molecule has 0 aromatic carbocycles. The molecule has 4 aliphatic rings. The van der Waals surface area contributed by atoms with E-state index < -0.39 is 45.9 Å². The summed E-state index contributed by atoms with van der Waals surface area (Å²) >= 11 is 0. The topological polar surface area (TPSA) is 116 Å². The molecule has 0 aromatic heterocycles. The summed E-state index contributed by atoms with van der Waals surface area (Å²) in [6.45, 7) is 9.69. The lowest BCUT2D eigenvalue weighted by Crippen LogP contribution is -2.63. The lowest BCUT2D eigenvalue weighted by Gasteiger charge is -2.61. The molecule has 0 aromatic rings. The van der Waals surface area contributed by atoms with Crippen LogP contribution in [0, 0.1) is 28.6 Å². The van der Waals surface area contributed by atoms with Crippen LogP contribution in [0.25, 0.3) is 0 Å². The summed E-state index contributed by atoms with van der Waals surface area (Å²) in [4.78, 5) is 13.5. The van der Waals surface area contributed by atoms with Crippen molar-refractivity contribution in [3.05, 3.63) is 11.6 Å². The summed E-state index contributed by atoms with van der Waals surface area (Å²) in [6.07, 6.45) is 4.47. The fourth-order valence-electron chi connectivity index (χ4n) is 9.09. The summed E-state index contributed by atoms with van der Waals surface area (Å²) < 4.78 is 12.2. The van der Waals surface area contributed by atoms with Gasteiger partial charge >= 0.3 is 0 Å². The monoisotopic (exact) mass is 508 g/mol. The van der Waals surface area contributed by atoms with Crippen molar-refractivity contribution >= 4 is 5.78 Å². The van der Waals surface area contributed by atoms with Gasteiger partial charge in [0.25, 0.3) is 0 Å². The first-order valence-corrected chi connectivity index (χ1v) is 13.7. The maximum atomic E-state index is 13.5. The number of aliphatic hydroxyl groups is 4. The molecule has 4 aliphatic carbocycles. The van der Waals surface area contributed by atoms with Crippen molar-refractivity contribution in [3.63, 3.8) is 0 Å². The molecule has 0 aliphatic heterocycles. The van der Waals surface area contributed by atoms with E-state index in [1.165, 1.54) is 0 Å². The number of hydrogen-bond acceptors (Lipinski definition) is 7. The first kappa shape index (κ1) is 28.2. The second-order valence-electron chi connectivity index (χ2n) is 13.6. The molecular weight excluding hydrogens is 460 g/mol. The van der Waals surface area contributed by atoms with Crippen LogP contribution in [-0.2, 0) is 14.3 Å². The number of ketones is 1. The highest BCUT2D eigenvalue weighted by Crippen LogP contribution is 2.69. The zero-order valence-electron chi connectivity index (χ0n) is 23.2. The first-order chi connectivity index (χ1) is 16.6. The normalized spacial score (nSPS) is 45.2. The van der Waals surface area contributed by atoms with Crippen LogP contribution in [0.3, 0.4) is 0 Å². The number of methoxy groups -OCH3 is 2. The Labute approximate surface area is 216 Å². The van der Waals surface area contributed by atoms with Crippen molar-refractivity contribution in [2.45, 2.75) is 121 Å². The van der Waals surface area contributed by atoms with Crippen LogP contribution < -0.4 is 0 Å². The average molecular weight is 509 g/mol. The molecule has 0 bridgehead atoms. The standard InChI is InChI=1S/C29H48O7/c1-25(2,33)11-10-24(35-6)28(5,34)23-9-13-29(36-7)18-14-20(30)19-15-21(31)22(32)16-26(19,3)17(18)8-12-27(23,29)4/h14,17,19,21-24,31-34H,8-13,15-16H2,1-7H3/t17-,19-,21+,22-,23-,24?,26+,27+,28+,29+/m0/s1. The van der Waals surface area contributed by atoms with E-state index in [-0.39, 0.29) is 23.5 Å². The number of allylic oxidation sites excluding steroid dienone is 1. The number of aliphatic hydroxyl groups excluding tert-OH is 2. The largest absolute Gasteiger partial charge is 0.390 e. The van der Waals surface area contributed by atoms with Gasteiger partial charge in [0.2, 0.25) is 0 Å². The molecule has 3 saturated carbocycles. The summed E-state index contributed by atoms with van der Waals surface area (Å²) in [6, 6.07) is 0. The van der Waals surface area contributed by atoms with Crippen LogP contribution in [-0.4, -0.2) is 75.5 Å². The first-order valence-electron chi connectivity index (χ1n) is 13.7. The Kier molecular flexibility index (Phi) is 7.15. The smallest absolute Gasteiger partial charge is 0.159 e. The van der Waals surface area contributed by atoms with E-state index in [0.717, 1.165) is 24.8 Å². The van der Waals surface area contributed by atoms with E-state index in [2.05, 4.69) is 13.8 Å². The van der Waals surface area contributed by atoms with Gasteiger partial charge in [0.05, 0.1) is 35.1 Å². The Balaban J connectivity index is 1.72. The average Bonchev–Trinajstić information content (AvgIpc) is 3.09. The summed E-state index contributed by atoms with van der Waals surface area (Å²) in [7, 11) is 3.34. The van der Waals surface area contributed by atoms with Crippen molar-refractivity contribution in [3.8, 4) is 0 Å². The number of rotatable bonds is 7. The highest BCUT2D eigenvalue weighted by atomic mass is 16.5. The molecule has 7 nitrogen and oxygen atoms in total. The Morgan fingerprint density at radius 2 is 1.72 bits per heavy atom. The number of carbonyl (C=O) groups is 1. The van der Waals surface area contributed by atoms with Gasteiger partial charge in [0, 0.05) is 25.6 Å². The van der Waals surface area contributed by atoms with Crippen LogP contribution in [0.1, 0.15) is 86.0 Å². The van der Waals surface area contributed by atoms with E-state index >= 15 is 0 Å². The van der Waals surface area contributed by atoms with Crippen molar-refractivity contribution in [1.82, 2.24) is 0 Å². The van der Waals surface area contributed by atoms with Gasteiger partial charge in [-0.3, -0.25) is 4.79 Å². The van der Waals surface area contributed by atoms with Gasteiger partial charge in [-0.15, -0.1) is 0 Å². The molecule has 0 spiro atoms. The predicted molar refractivity (Wildman–Crippen MR) is 136 cm³/mol. The highest BCUT2D eigenvalue weighted by molar-refractivity contribution is 5.95. The van der Waals surface area contributed by atoms with E-state index in [4.69, 9.17) is 9.47 Å². The Hall–Kier alpha value is -0.830. The van der Waals surface area contributed by atoms with E-state index in [9.17, 15) is 25.2 Å². The zero-order chi connectivity index (χ0) is 26.9. The van der Waals surface area contributed by atoms with Crippen LogP contribution in [0.2, 0.25) is 0 Å². The molecule has 4 rings (SSSR count). The number of hydrogen-bond donors (Lipinski definition) is 4. The van der Waals surface area contributed by atoms with Gasteiger partial charge in [-0.2, -0.15) is 0 Å². The minimum absolute atomic E-state index is 0.0190. The molecule has 0 saturated heterocycles. The maximum Gasteiger partial charge on any atom is 0.159 e. The molecule has 1 unspecified atom stereocenters.